The van der Waals surface area contributed by atoms with Gasteiger partial charge in [-0.3, -0.25) is 0 Å². The molecule has 2 aromatic rings. The van der Waals surface area contributed by atoms with Gasteiger partial charge >= 0.3 is 0 Å². The van der Waals surface area contributed by atoms with Crippen LogP contribution in [0.25, 0.3) is 0 Å². The lowest BCUT2D eigenvalue weighted by molar-refractivity contribution is 0.602. The van der Waals surface area contributed by atoms with Crippen molar-refractivity contribution in [2.75, 3.05) is 17.2 Å². The average Bonchev–Trinajstić information content (AvgIpc) is 2.40. The lowest BCUT2D eigenvalue weighted by Crippen LogP contribution is -1.92. The molecule has 0 spiro atoms. The Kier molecular flexibility index (Phi) is 5.16. The van der Waals surface area contributed by atoms with Crippen molar-refractivity contribution >= 4 is 29.2 Å². The summed E-state index contributed by atoms with van der Waals surface area (Å²) in [6, 6.07) is 12.9. The number of aryl methyl sites for hydroxylation is 1. The van der Waals surface area contributed by atoms with Gasteiger partial charge in [0.25, 0.3) is 0 Å². The zero-order valence-electron chi connectivity index (χ0n) is 10.7. The van der Waals surface area contributed by atoms with Crippen molar-refractivity contribution in [2.24, 2.45) is 0 Å². The Morgan fingerprint density at radius 2 is 1.68 bits per heavy atom. The van der Waals surface area contributed by atoms with Crippen LogP contribution < -0.4 is 5.73 Å². The largest absolute Gasteiger partial charge is 0.398 e. The lowest BCUT2D eigenvalue weighted by atomic mass is 10.2. The van der Waals surface area contributed by atoms with Crippen LogP contribution in [0.5, 0.6) is 0 Å². The zero-order valence-corrected chi connectivity index (χ0v) is 12.4. The summed E-state index contributed by atoms with van der Waals surface area (Å²) in [5.74, 6) is 1.62. The molecular weight excluding hydrogens is 277 g/mol. The SMILES string of the molecule is Cc1ccc(N)c(SCCSc2ccccc2F)c1. The van der Waals surface area contributed by atoms with E-state index in [9.17, 15) is 4.39 Å². The van der Waals surface area contributed by atoms with Gasteiger partial charge in [-0.05, 0) is 36.8 Å². The predicted octanol–water partition coefficient (Wildman–Crippen LogP) is 4.60. The number of anilines is 1. The number of rotatable bonds is 5. The first-order valence-corrected chi connectivity index (χ1v) is 8.00. The van der Waals surface area contributed by atoms with Gasteiger partial charge in [0.15, 0.2) is 0 Å². The molecule has 100 valence electrons. The van der Waals surface area contributed by atoms with Gasteiger partial charge in [-0.1, -0.05) is 18.2 Å². The first kappa shape index (κ1) is 14.3. The Labute approximate surface area is 121 Å². The van der Waals surface area contributed by atoms with Gasteiger partial charge in [0, 0.05) is 27.0 Å². The van der Waals surface area contributed by atoms with E-state index in [2.05, 4.69) is 13.0 Å². The minimum atomic E-state index is -0.146. The average molecular weight is 293 g/mol. The number of thioether (sulfide) groups is 2. The molecule has 0 saturated heterocycles. The highest BCUT2D eigenvalue weighted by Crippen LogP contribution is 2.28. The number of nitrogens with two attached hydrogens (primary N) is 1. The second-order valence-electron chi connectivity index (χ2n) is 4.17. The molecule has 19 heavy (non-hydrogen) atoms. The van der Waals surface area contributed by atoms with E-state index in [1.807, 2.05) is 24.3 Å². The first-order chi connectivity index (χ1) is 9.16. The fourth-order valence-electron chi connectivity index (χ4n) is 1.63. The van der Waals surface area contributed by atoms with Crippen molar-refractivity contribution in [1.82, 2.24) is 0 Å². The number of nitrogen functional groups attached to an aromatic ring is 1. The molecule has 0 amide bonds. The van der Waals surface area contributed by atoms with Crippen molar-refractivity contribution in [2.45, 2.75) is 16.7 Å². The van der Waals surface area contributed by atoms with Crippen molar-refractivity contribution < 1.29 is 4.39 Å². The minimum absolute atomic E-state index is 0.146. The van der Waals surface area contributed by atoms with E-state index in [1.54, 1.807) is 17.8 Å². The molecule has 2 rings (SSSR count). The summed E-state index contributed by atoms with van der Waals surface area (Å²) in [5.41, 5.74) is 7.94. The highest BCUT2D eigenvalue weighted by Gasteiger charge is 2.03. The minimum Gasteiger partial charge on any atom is -0.398 e. The Balaban J connectivity index is 1.84. The molecule has 0 unspecified atom stereocenters. The molecule has 0 atom stereocenters. The molecule has 0 aliphatic carbocycles. The molecule has 0 aromatic heterocycles. The third-order valence-corrected chi connectivity index (χ3v) is 4.99. The van der Waals surface area contributed by atoms with Crippen LogP contribution in [0.4, 0.5) is 10.1 Å². The van der Waals surface area contributed by atoms with Crippen LogP contribution in [-0.2, 0) is 0 Å². The van der Waals surface area contributed by atoms with E-state index in [-0.39, 0.29) is 5.82 Å². The standard InChI is InChI=1S/C15H16FNS2/c1-11-6-7-13(17)15(10-11)19-9-8-18-14-5-3-2-4-12(14)16/h2-7,10H,8-9,17H2,1H3. The smallest absolute Gasteiger partial charge is 0.136 e. The highest BCUT2D eigenvalue weighted by molar-refractivity contribution is 8.03. The number of benzene rings is 2. The molecule has 0 aliphatic rings. The maximum Gasteiger partial charge on any atom is 0.136 e. The molecule has 2 aromatic carbocycles. The van der Waals surface area contributed by atoms with E-state index in [0.717, 1.165) is 22.1 Å². The van der Waals surface area contributed by atoms with Gasteiger partial charge in [0.2, 0.25) is 0 Å². The zero-order chi connectivity index (χ0) is 13.7. The van der Waals surface area contributed by atoms with Crippen molar-refractivity contribution in [1.29, 1.82) is 0 Å². The molecular formula is C15H16FNS2. The molecule has 0 saturated carbocycles. The summed E-state index contributed by atoms with van der Waals surface area (Å²) in [6.07, 6.45) is 0. The molecule has 4 heteroatoms. The molecule has 0 heterocycles. The van der Waals surface area contributed by atoms with Gasteiger partial charge in [-0.25, -0.2) is 4.39 Å². The summed E-state index contributed by atoms with van der Waals surface area (Å²) < 4.78 is 13.4. The van der Waals surface area contributed by atoms with Crippen molar-refractivity contribution in [3.05, 3.63) is 53.8 Å². The Morgan fingerprint density at radius 3 is 2.42 bits per heavy atom. The van der Waals surface area contributed by atoms with E-state index < -0.39 is 0 Å². The second-order valence-corrected chi connectivity index (χ2v) is 6.44. The van der Waals surface area contributed by atoms with Gasteiger partial charge in [-0.15, -0.1) is 23.5 Å². The van der Waals surface area contributed by atoms with Crippen LogP contribution >= 0.6 is 23.5 Å². The van der Waals surface area contributed by atoms with Gasteiger partial charge in [-0.2, -0.15) is 0 Å². The molecule has 0 aliphatic heterocycles. The maximum absolute atomic E-state index is 13.4. The molecule has 1 nitrogen and oxygen atoms in total. The summed E-state index contributed by atoms with van der Waals surface area (Å²) in [5, 5.41) is 0. The number of halogens is 1. The van der Waals surface area contributed by atoms with Crippen LogP contribution in [0.1, 0.15) is 5.56 Å². The molecule has 0 bridgehead atoms. The van der Waals surface area contributed by atoms with E-state index in [0.29, 0.717) is 4.90 Å². The van der Waals surface area contributed by atoms with Crippen LogP contribution in [0.2, 0.25) is 0 Å². The lowest BCUT2D eigenvalue weighted by Gasteiger charge is -2.07. The summed E-state index contributed by atoms with van der Waals surface area (Å²) in [7, 11) is 0. The summed E-state index contributed by atoms with van der Waals surface area (Å²) in [4.78, 5) is 1.81. The quantitative estimate of drug-likeness (QED) is 0.495. The van der Waals surface area contributed by atoms with E-state index in [1.165, 1.54) is 23.4 Å². The predicted molar refractivity (Wildman–Crippen MR) is 83.4 cm³/mol. The van der Waals surface area contributed by atoms with E-state index >= 15 is 0 Å². The third kappa shape index (κ3) is 4.18. The fraction of sp³-hybridized carbons (Fsp3) is 0.200. The van der Waals surface area contributed by atoms with Gasteiger partial charge in [0.1, 0.15) is 5.82 Å². The van der Waals surface area contributed by atoms with Crippen LogP contribution in [0.15, 0.2) is 52.3 Å². The normalized spacial score (nSPS) is 10.6. The number of hydrogen-bond donors (Lipinski definition) is 1. The second kappa shape index (κ2) is 6.87. The van der Waals surface area contributed by atoms with Crippen molar-refractivity contribution in [3.8, 4) is 0 Å². The maximum atomic E-state index is 13.4. The van der Waals surface area contributed by atoms with Crippen LogP contribution in [-0.4, -0.2) is 11.5 Å². The molecule has 0 radical (unpaired) electrons. The first-order valence-electron chi connectivity index (χ1n) is 6.03. The highest BCUT2D eigenvalue weighted by atomic mass is 32.2. The summed E-state index contributed by atoms with van der Waals surface area (Å²) >= 11 is 3.26. The van der Waals surface area contributed by atoms with Crippen LogP contribution in [0.3, 0.4) is 0 Å². The fourth-order valence-corrected chi connectivity index (χ4v) is 3.62. The Hall–Kier alpha value is -1.13. The monoisotopic (exact) mass is 293 g/mol. The van der Waals surface area contributed by atoms with Gasteiger partial charge < -0.3 is 5.73 Å². The van der Waals surface area contributed by atoms with Crippen LogP contribution in [0, 0.1) is 12.7 Å². The van der Waals surface area contributed by atoms with Gasteiger partial charge in [0.05, 0.1) is 0 Å². The van der Waals surface area contributed by atoms with Crippen molar-refractivity contribution in [3.63, 3.8) is 0 Å². The Bertz CT molecular complexity index is 558. The topological polar surface area (TPSA) is 26.0 Å². The molecule has 2 N–H and O–H groups in total. The third-order valence-electron chi connectivity index (χ3n) is 2.60. The molecule has 0 fully saturated rings. The number of hydrogen-bond acceptors (Lipinski definition) is 3. The Morgan fingerprint density at radius 1 is 1.00 bits per heavy atom. The van der Waals surface area contributed by atoms with E-state index in [4.69, 9.17) is 5.73 Å². The summed E-state index contributed by atoms with van der Waals surface area (Å²) in [6.45, 7) is 2.05.